The van der Waals surface area contributed by atoms with Crippen molar-refractivity contribution in [1.29, 1.82) is 0 Å². The Balaban J connectivity index is 1.77. The molecular formula is C22H21NO3. The van der Waals surface area contributed by atoms with E-state index in [1.165, 1.54) is 0 Å². The summed E-state index contributed by atoms with van der Waals surface area (Å²) in [7, 11) is 0. The monoisotopic (exact) mass is 347 g/mol. The second-order valence-electron chi connectivity index (χ2n) is 7.14. The topological polar surface area (TPSA) is 59.3 Å². The molecule has 0 atom stereocenters. The molecule has 0 unspecified atom stereocenters. The summed E-state index contributed by atoms with van der Waals surface area (Å²) in [6.45, 7) is 6.06. The average molecular weight is 347 g/mol. The van der Waals surface area contributed by atoms with E-state index >= 15 is 0 Å². The molecule has 4 heteroatoms. The van der Waals surface area contributed by atoms with Crippen LogP contribution >= 0.6 is 0 Å². The van der Waals surface area contributed by atoms with Crippen LogP contribution in [0.1, 0.15) is 53.0 Å². The number of benzene rings is 2. The zero-order valence-corrected chi connectivity index (χ0v) is 15.1. The van der Waals surface area contributed by atoms with Gasteiger partial charge in [-0.1, -0.05) is 63.2 Å². The van der Waals surface area contributed by atoms with Gasteiger partial charge in [-0.15, -0.1) is 0 Å². The summed E-state index contributed by atoms with van der Waals surface area (Å²) in [4.78, 5) is 25.0. The van der Waals surface area contributed by atoms with Gasteiger partial charge in [0.25, 0.3) is 5.91 Å². The van der Waals surface area contributed by atoms with Crippen molar-refractivity contribution < 1.29 is 14.0 Å². The number of carbonyl (C=O) groups excluding carboxylic acids is 2. The number of hydrogen-bond donors (Lipinski definition) is 1. The maximum atomic E-state index is 12.5. The van der Waals surface area contributed by atoms with E-state index in [0.29, 0.717) is 16.8 Å². The highest BCUT2D eigenvalue weighted by Gasteiger charge is 2.20. The summed E-state index contributed by atoms with van der Waals surface area (Å²) in [6, 6.07) is 19.4. The van der Waals surface area contributed by atoms with E-state index in [1.54, 1.807) is 42.5 Å². The SMILES string of the molecule is CC(C)(C)c1ccc(C(=O)Nc2cccc(C(=O)c3ccccc3)c2)o1. The number of nitrogens with one attached hydrogen (secondary N) is 1. The number of amides is 1. The standard InChI is InChI=1S/C22H21NO3/c1-22(2,3)19-13-12-18(26-19)21(25)23-17-11-7-10-16(14-17)20(24)15-8-5-4-6-9-15/h4-14H,1-3H3,(H,23,25). The maximum Gasteiger partial charge on any atom is 0.291 e. The third-order valence-electron chi connectivity index (χ3n) is 3.99. The van der Waals surface area contributed by atoms with E-state index in [4.69, 9.17) is 4.42 Å². The Labute approximate surface area is 152 Å². The number of anilines is 1. The molecule has 4 nitrogen and oxygen atoms in total. The lowest BCUT2D eigenvalue weighted by Crippen LogP contribution is -2.13. The highest BCUT2D eigenvalue weighted by Crippen LogP contribution is 2.25. The third-order valence-corrected chi connectivity index (χ3v) is 3.99. The van der Waals surface area contributed by atoms with Crippen molar-refractivity contribution >= 4 is 17.4 Å². The summed E-state index contributed by atoms with van der Waals surface area (Å²) in [5.74, 6) is 0.560. The average Bonchev–Trinajstić information content (AvgIpc) is 3.13. The molecule has 0 aliphatic rings. The van der Waals surface area contributed by atoms with Crippen molar-refractivity contribution in [2.45, 2.75) is 26.2 Å². The molecular weight excluding hydrogens is 326 g/mol. The Hall–Kier alpha value is -3.14. The van der Waals surface area contributed by atoms with Crippen LogP contribution in [0.15, 0.2) is 71.1 Å². The molecule has 0 aliphatic heterocycles. The molecule has 26 heavy (non-hydrogen) atoms. The Morgan fingerprint density at radius 3 is 2.19 bits per heavy atom. The Bertz CT molecular complexity index is 933. The first-order valence-electron chi connectivity index (χ1n) is 8.46. The molecule has 0 fully saturated rings. The first-order chi connectivity index (χ1) is 12.3. The van der Waals surface area contributed by atoms with Crippen LogP contribution in [0.25, 0.3) is 0 Å². The van der Waals surface area contributed by atoms with Gasteiger partial charge in [-0.05, 0) is 24.3 Å². The fraction of sp³-hybridized carbons (Fsp3) is 0.182. The van der Waals surface area contributed by atoms with Gasteiger partial charge in [0.1, 0.15) is 5.76 Å². The van der Waals surface area contributed by atoms with E-state index in [9.17, 15) is 9.59 Å². The van der Waals surface area contributed by atoms with Gasteiger partial charge in [-0.25, -0.2) is 0 Å². The molecule has 1 N–H and O–H groups in total. The minimum absolute atomic E-state index is 0.0882. The molecule has 132 valence electrons. The van der Waals surface area contributed by atoms with Gasteiger partial charge in [0.15, 0.2) is 11.5 Å². The predicted octanol–water partition coefficient (Wildman–Crippen LogP) is 5.06. The lowest BCUT2D eigenvalue weighted by molar-refractivity contribution is 0.0991. The maximum absolute atomic E-state index is 12.5. The summed E-state index contributed by atoms with van der Waals surface area (Å²) in [6.07, 6.45) is 0. The Morgan fingerprint density at radius 1 is 0.846 bits per heavy atom. The summed E-state index contributed by atoms with van der Waals surface area (Å²) in [5.41, 5.74) is 1.51. The van der Waals surface area contributed by atoms with Crippen molar-refractivity contribution in [3.63, 3.8) is 0 Å². The Kier molecular flexibility index (Phi) is 4.76. The minimum Gasteiger partial charge on any atom is -0.455 e. The van der Waals surface area contributed by atoms with Crippen LogP contribution in [0, 0.1) is 0 Å². The molecule has 3 rings (SSSR count). The van der Waals surface area contributed by atoms with Crippen molar-refractivity contribution in [3.8, 4) is 0 Å². The molecule has 2 aromatic carbocycles. The van der Waals surface area contributed by atoms with E-state index in [0.717, 1.165) is 5.76 Å². The van der Waals surface area contributed by atoms with Crippen LogP contribution in [-0.4, -0.2) is 11.7 Å². The Morgan fingerprint density at radius 2 is 1.54 bits per heavy atom. The first-order valence-corrected chi connectivity index (χ1v) is 8.46. The minimum atomic E-state index is -0.343. The molecule has 3 aromatic rings. The van der Waals surface area contributed by atoms with Gasteiger partial charge < -0.3 is 9.73 Å². The molecule has 1 amide bonds. The zero-order valence-electron chi connectivity index (χ0n) is 15.1. The first kappa shape index (κ1) is 17.7. The van der Waals surface area contributed by atoms with Gasteiger partial charge in [-0.3, -0.25) is 9.59 Å². The van der Waals surface area contributed by atoms with E-state index < -0.39 is 0 Å². The number of ketones is 1. The lowest BCUT2D eigenvalue weighted by Gasteiger charge is -2.14. The van der Waals surface area contributed by atoms with Gasteiger partial charge in [0.2, 0.25) is 0 Å². The second kappa shape index (κ2) is 7.00. The summed E-state index contributed by atoms with van der Waals surface area (Å²) >= 11 is 0. The molecule has 0 aliphatic carbocycles. The molecule has 0 saturated heterocycles. The molecule has 1 aromatic heterocycles. The van der Waals surface area contributed by atoms with Gasteiger partial charge >= 0.3 is 0 Å². The van der Waals surface area contributed by atoms with Crippen LogP contribution in [0.4, 0.5) is 5.69 Å². The van der Waals surface area contributed by atoms with Crippen LogP contribution < -0.4 is 5.32 Å². The van der Waals surface area contributed by atoms with Crippen molar-refractivity contribution in [2.24, 2.45) is 0 Å². The number of furan rings is 1. The largest absolute Gasteiger partial charge is 0.455 e. The molecule has 0 bridgehead atoms. The normalized spacial score (nSPS) is 11.2. The molecule has 0 radical (unpaired) electrons. The quantitative estimate of drug-likeness (QED) is 0.671. The van der Waals surface area contributed by atoms with Crippen LogP contribution in [0.2, 0.25) is 0 Å². The van der Waals surface area contributed by atoms with E-state index in [2.05, 4.69) is 5.32 Å². The van der Waals surface area contributed by atoms with Crippen molar-refractivity contribution in [2.75, 3.05) is 5.32 Å². The lowest BCUT2D eigenvalue weighted by atomic mass is 9.94. The fourth-order valence-electron chi connectivity index (χ4n) is 2.55. The fourth-order valence-corrected chi connectivity index (χ4v) is 2.55. The molecule has 0 saturated carbocycles. The number of rotatable bonds is 4. The highest BCUT2D eigenvalue weighted by molar-refractivity contribution is 6.10. The second-order valence-corrected chi connectivity index (χ2v) is 7.14. The van der Waals surface area contributed by atoms with E-state index in [1.807, 2.05) is 45.0 Å². The van der Waals surface area contributed by atoms with Crippen LogP contribution in [-0.2, 0) is 5.41 Å². The van der Waals surface area contributed by atoms with Crippen LogP contribution in [0.5, 0.6) is 0 Å². The number of hydrogen-bond acceptors (Lipinski definition) is 3. The molecule has 0 spiro atoms. The van der Waals surface area contributed by atoms with Crippen molar-refractivity contribution in [3.05, 3.63) is 89.4 Å². The molecule has 1 heterocycles. The van der Waals surface area contributed by atoms with Gasteiger partial charge in [-0.2, -0.15) is 0 Å². The third kappa shape index (κ3) is 3.91. The smallest absolute Gasteiger partial charge is 0.291 e. The van der Waals surface area contributed by atoms with E-state index in [-0.39, 0.29) is 22.9 Å². The predicted molar refractivity (Wildman–Crippen MR) is 102 cm³/mol. The number of carbonyl (C=O) groups is 2. The van der Waals surface area contributed by atoms with Gasteiger partial charge in [0, 0.05) is 22.2 Å². The van der Waals surface area contributed by atoms with Gasteiger partial charge in [0.05, 0.1) is 0 Å². The highest BCUT2D eigenvalue weighted by atomic mass is 16.4. The summed E-state index contributed by atoms with van der Waals surface area (Å²) < 4.78 is 5.65. The van der Waals surface area contributed by atoms with Crippen LogP contribution in [0.3, 0.4) is 0 Å². The summed E-state index contributed by atoms with van der Waals surface area (Å²) in [5, 5.41) is 2.78. The zero-order chi connectivity index (χ0) is 18.7. The van der Waals surface area contributed by atoms with Crippen molar-refractivity contribution in [1.82, 2.24) is 0 Å².